The van der Waals surface area contributed by atoms with Crippen LogP contribution in [0.5, 0.6) is 11.5 Å². The number of unbranched alkanes of at least 4 members (excludes halogenated alkanes) is 1. The molecular formula is C18H28ClNO3. The van der Waals surface area contributed by atoms with Crippen LogP contribution < -0.4 is 14.8 Å². The second kappa shape index (κ2) is 11.3. The lowest BCUT2D eigenvalue weighted by atomic mass is 9.93. The minimum atomic E-state index is -0.234. The van der Waals surface area contributed by atoms with Crippen molar-refractivity contribution in [2.45, 2.75) is 45.4 Å². The summed E-state index contributed by atoms with van der Waals surface area (Å²) in [5.74, 6) is 1.82. The molecule has 0 aliphatic carbocycles. The summed E-state index contributed by atoms with van der Waals surface area (Å²) in [7, 11) is 0. The van der Waals surface area contributed by atoms with Crippen molar-refractivity contribution in [3.63, 3.8) is 0 Å². The number of esters is 1. The summed E-state index contributed by atoms with van der Waals surface area (Å²) >= 11 is 0. The van der Waals surface area contributed by atoms with Crippen molar-refractivity contribution in [2.24, 2.45) is 5.92 Å². The number of carbonyl (C=O) groups excluding carboxylic acids is 1. The zero-order chi connectivity index (χ0) is 15.6. The zero-order valence-electron chi connectivity index (χ0n) is 13.9. The zero-order valence-corrected chi connectivity index (χ0v) is 14.7. The van der Waals surface area contributed by atoms with Gasteiger partial charge in [-0.1, -0.05) is 25.5 Å². The van der Waals surface area contributed by atoms with E-state index in [1.807, 2.05) is 18.2 Å². The second-order valence-corrected chi connectivity index (χ2v) is 5.81. The number of nitrogens with one attached hydrogen (secondary N) is 1. The smallest absolute Gasteiger partial charge is 0.311 e. The number of hydrogen-bond acceptors (Lipinski definition) is 4. The third-order valence-corrected chi connectivity index (χ3v) is 4.08. The summed E-state index contributed by atoms with van der Waals surface area (Å²) in [6.45, 7) is 4.78. The van der Waals surface area contributed by atoms with E-state index in [0.717, 1.165) is 25.4 Å². The SMILES string of the molecule is CCC(=O)Oc1ccccc1OCCCCC1CCNCC1.Cl. The molecule has 1 heterocycles. The molecule has 1 aliphatic heterocycles. The van der Waals surface area contributed by atoms with E-state index in [4.69, 9.17) is 9.47 Å². The maximum Gasteiger partial charge on any atom is 0.311 e. The minimum Gasteiger partial charge on any atom is -0.490 e. The third kappa shape index (κ3) is 7.23. The third-order valence-electron chi connectivity index (χ3n) is 4.08. The largest absolute Gasteiger partial charge is 0.490 e. The molecule has 0 atom stereocenters. The van der Waals surface area contributed by atoms with E-state index in [-0.39, 0.29) is 18.4 Å². The van der Waals surface area contributed by atoms with E-state index < -0.39 is 0 Å². The molecule has 0 bridgehead atoms. The first-order valence-electron chi connectivity index (χ1n) is 8.43. The number of carbonyl (C=O) groups is 1. The van der Waals surface area contributed by atoms with Crippen LogP contribution >= 0.6 is 12.4 Å². The molecule has 1 aromatic rings. The lowest BCUT2D eigenvalue weighted by Gasteiger charge is -2.22. The number of halogens is 1. The van der Waals surface area contributed by atoms with Gasteiger partial charge in [0.15, 0.2) is 11.5 Å². The Bertz CT molecular complexity index is 461. The Kier molecular flexibility index (Phi) is 9.72. The Hall–Kier alpha value is -1.26. The van der Waals surface area contributed by atoms with E-state index in [2.05, 4.69) is 5.32 Å². The van der Waals surface area contributed by atoms with Crippen molar-refractivity contribution >= 4 is 18.4 Å². The Morgan fingerprint density at radius 2 is 1.87 bits per heavy atom. The van der Waals surface area contributed by atoms with Gasteiger partial charge < -0.3 is 14.8 Å². The molecule has 130 valence electrons. The van der Waals surface area contributed by atoms with Crippen molar-refractivity contribution < 1.29 is 14.3 Å². The molecule has 1 aromatic carbocycles. The lowest BCUT2D eigenvalue weighted by Crippen LogP contribution is -2.27. The second-order valence-electron chi connectivity index (χ2n) is 5.81. The van der Waals surface area contributed by atoms with Crippen molar-refractivity contribution in [2.75, 3.05) is 19.7 Å². The Morgan fingerprint density at radius 3 is 2.57 bits per heavy atom. The summed E-state index contributed by atoms with van der Waals surface area (Å²) in [6, 6.07) is 7.37. The first-order chi connectivity index (χ1) is 10.8. The number of para-hydroxylation sites is 2. The van der Waals surface area contributed by atoms with Crippen molar-refractivity contribution in [1.82, 2.24) is 5.32 Å². The molecule has 4 nitrogen and oxygen atoms in total. The number of benzene rings is 1. The predicted molar refractivity (Wildman–Crippen MR) is 94.6 cm³/mol. The highest BCUT2D eigenvalue weighted by Gasteiger charge is 2.12. The first kappa shape index (κ1) is 19.8. The molecule has 0 spiro atoms. The average Bonchev–Trinajstić information content (AvgIpc) is 2.57. The van der Waals surface area contributed by atoms with Crippen LogP contribution in [0.1, 0.15) is 45.4 Å². The van der Waals surface area contributed by atoms with Gasteiger partial charge in [-0.2, -0.15) is 0 Å². The van der Waals surface area contributed by atoms with Crippen LogP contribution in [0.3, 0.4) is 0 Å². The first-order valence-corrected chi connectivity index (χ1v) is 8.43. The molecule has 0 radical (unpaired) electrons. The fourth-order valence-corrected chi connectivity index (χ4v) is 2.74. The topological polar surface area (TPSA) is 47.6 Å². The molecule has 0 saturated carbocycles. The van der Waals surface area contributed by atoms with Crippen LogP contribution in [-0.4, -0.2) is 25.7 Å². The predicted octanol–water partition coefficient (Wildman–Crippen LogP) is 3.97. The van der Waals surface area contributed by atoms with Gasteiger partial charge in [0.05, 0.1) is 6.61 Å². The van der Waals surface area contributed by atoms with E-state index >= 15 is 0 Å². The van der Waals surface area contributed by atoms with Gasteiger partial charge in [-0.3, -0.25) is 4.79 Å². The average molecular weight is 342 g/mol. The van der Waals surface area contributed by atoms with Crippen LogP contribution in [0.2, 0.25) is 0 Å². The molecule has 1 fully saturated rings. The molecule has 23 heavy (non-hydrogen) atoms. The molecule has 0 amide bonds. The van der Waals surface area contributed by atoms with Crippen LogP contribution in [0.25, 0.3) is 0 Å². The van der Waals surface area contributed by atoms with E-state index in [0.29, 0.717) is 24.5 Å². The van der Waals surface area contributed by atoms with Gasteiger partial charge in [0.1, 0.15) is 0 Å². The van der Waals surface area contributed by atoms with Gasteiger partial charge >= 0.3 is 5.97 Å². The van der Waals surface area contributed by atoms with Gasteiger partial charge in [-0.05, 0) is 56.8 Å². The summed E-state index contributed by atoms with van der Waals surface area (Å²) in [6.07, 6.45) is 6.50. The molecule has 1 aliphatic rings. The Morgan fingerprint density at radius 1 is 1.17 bits per heavy atom. The van der Waals surface area contributed by atoms with Crippen molar-refractivity contribution in [3.05, 3.63) is 24.3 Å². The summed E-state index contributed by atoms with van der Waals surface area (Å²) in [5.41, 5.74) is 0. The molecule has 1 saturated heterocycles. The summed E-state index contributed by atoms with van der Waals surface area (Å²) < 4.78 is 11.1. The van der Waals surface area contributed by atoms with Crippen LogP contribution in [0.15, 0.2) is 24.3 Å². The van der Waals surface area contributed by atoms with E-state index in [1.165, 1.54) is 25.7 Å². The fraction of sp³-hybridized carbons (Fsp3) is 0.611. The number of hydrogen-bond donors (Lipinski definition) is 1. The van der Waals surface area contributed by atoms with Crippen LogP contribution in [-0.2, 0) is 4.79 Å². The normalized spacial score (nSPS) is 14.8. The molecule has 2 rings (SSSR count). The minimum absolute atomic E-state index is 0. The van der Waals surface area contributed by atoms with E-state index in [9.17, 15) is 4.79 Å². The van der Waals surface area contributed by atoms with Crippen LogP contribution in [0, 0.1) is 5.92 Å². The number of rotatable bonds is 8. The Labute approximate surface area is 145 Å². The number of ether oxygens (including phenoxy) is 2. The van der Waals surface area contributed by atoms with Gasteiger partial charge in [0.25, 0.3) is 0 Å². The monoisotopic (exact) mass is 341 g/mol. The molecule has 1 N–H and O–H groups in total. The number of piperidine rings is 1. The Balaban J connectivity index is 0.00000264. The maximum absolute atomic E-state index is 11.4. The molecular weight excluding hydrogens is 314 g/mol. The quantitative estimate of drug-likeness (QED) is 0.441. The van der Waals surface area contributed by atoms with Crippen molar-refractivity contribution in [1.29, 1.82) is 0 Å². The van der Waals surface area contributed by atoms with Gasteiger partial charge in [-0.25, -0.2) is 0 Å². The molecule has 0 aromatic heterocycles. The van der Waals surface area contributed by atoms with Gasteiger partial charge in [0.2, 0.25) is 0 Å². The summed E-state index contributed by atoms with van der Waals surface area (Å²) in [5, 5.41) is 3.40. The molecule has 5 heteroatoms. The highest BCUT2D eigenvalue weighted by Crippen LogP contribution is 2.27. The van der Waals surface area contributed by atoms with Crippen molar-refractivity contribution in [3.8, 4) is 11.5 Å². The fourth-order valence-electron chi connectivity index (χ4n) is 2.74. The maximum atomic E-state index is 11.4. The summed E-state index contributed by atoms with van der Waals surface area (Å²) in [4.78, 5) is 11.4. The highest BCUT2D eigenvalue weighted by molar-refractivity contribution is 5.85. The van der Waals surface area contributed by atoms with Gasteiger partial charge in [0, 0.05) is 6.42 Å². The standard InChI is InChI=1S/C18H27NO3.ClH/c1-2-18(20)22-17-9-4-3-8-16(17)21-14-6-5-7-15-10-12-19-13-11-15;/h3-4,8-9,15,19H,2,5-7,10-14H2,1H3;1H. The van der Waals surface area contributed by atoms with E-state index in [1.54, 1.807) is 13.0 Å². The molecule has 0 unspecified atom stereocenters. The highest BCUT2D eigenvalue weighted by atomic mass is 35.5. The lowest BCUT2D eigenvalue weighted by molar-refractivity contribution is -0.134. The van der Waals surface area contributed by atoms with Crippen LogP contribution in [0.4, 0.5) is 0 Å². The van der Waals surface area contributed by atoms with Gasteiger partial charge in [-0.15, -0.1) is 12.4 Å².